The van der Waals surface area contributed by atoms with Gasteiger partial charge in [-0.1, -0.05) is 13.8 Å². The molecule has 0 aliphatic heterocycles. The van der Waals surface area contributed by atoms with Gasteiger partial charge in [-0.2, -0.15) is 0 Å². The van der Waals surface area contributed by atoms with E-state index in [0.717, 1.165) is 12.2 Å². The summed E-state index contributed by atoms with van der Waals surface area (Å²) in [5.41, 5.74) is 0. The number of aromatic nitrogens is 2. The van der Waals surface area contributed by atoms with Crippen LogP contribution in [0.4, 0.5) is 0 Å². The van der Waals surface area contributed by atoms with Gasteiger partial charge in [0.05, 0.1) is 5.92 Å². The maximum atomic E-state index is 10.6. The Labute approximate surface area is 77.2 Å². The third-order valence-corrected chi connectivity index (χ3v) is 2.01. The van der Waals surface area contributed by atoms with Gasteiger partial charge < -0.3 is 9.67 Å². The van der Waals surface area contributed by atoms with Gasteiger partial charge in [-0.15, -0.1) is 0 Å². The van der Waals surface area contributed by atoms with Crippen molar-refractivity contribution in [1.82, 2.24) is 9.55 Å². The van der Waals surface area contributed by atoms with Gasteiger partial charge in [0, 0.05) is 25.4 Å². The third kappa shape index (κ3) is 2.31. The van der Waals surface area contributed by atoms with E-state index < -0.39 is 5.97 Å². The fraction of sp³-hybridized carbons (Fsp3) is 0.556. The molecule has 0 saturated heterocycles. The Morgan fingerprint density at radius 1 is 1.77 bits per heavy atom. The van der Waals surface area contributed by atoms with Crippen molar-refractivity contribution in [3.63, 3.8) is 0 Å². The Morgan fingerprint density at radius 3 is 3.00 bits per heavy atom. The van der Waals surface area contributed by atoms with Crippen LogP contribution in [-0.2, 0) is 17.8 Å². The second kappa shape index (κ2) is 4.07. The number of hydrogen-bond acceptors (Lipinski definition) is 2. The van der Waals surface area contributed by atoms with Crippen LogP contribution in [0.2, 0.25) is 0 Å². The van der Waals surface area contributed by atoms with Crippen molar-refractivity contribution in [1.29, 1.82) is 0 Å². The van der Waals surface area contributed by atoms with Crippen LogP contribution in [0.15, 0.2) is 12.4 Å². The minimum atomic E-state index is -0.768. The second-order valence-electron chi connectivity index (χ2n) is 3.09. The summed E-state index contributed by atoms with van der Waals surface area (Å²) in [7, 11) is 0. The summed E-state index contributed by atoms with van der Waals surface area (Å²) in [4.78, 5) is 14.7. The highest BCUT2D eigenvalue weighted by Crippen LogP contribution is 2.04. The average Bonchev–Trinajstić information content (AvgIpc) is 2.51. The SMILES string of the molecule is CCc1nccn1C[C@@H](C)C(=O)O. The standard InChI is InChI=1S/C9H14N2O2/c1-3-8-10-4-5-11(8)6-7(2)9(12)13/h4-5,7H,3,6H2,1-2H3,(H,12,13)/t7-/m1/s1. The zero-order valence-corrected chi connectivity index (χ0v) is 7.90. The van der Waals surface area contributed by atoms with E-state index in [1.54, 1.807) is 13.1 Å². The molecule has 0 bridgehead atoms. The molecule has 0 unspecified atom stereocenters. The molecule has 0 aliphatic carbocycles. The topological polar surface area (TPSA) is 55.1 Å². The van der Waals surface area contributed by atoms with Crippen molar-refractivity contribution in [2.45, 2.75) is 26.8 Å². The number of imidazole rings is 1. The van der Waals surface area contributed by atoms with E-state index in [1.807, 2.05) is 17.7 Å². The van der Waals surface area contributed by atoms with Gasteiger partial charge in [-0.3, -0.25) is 4.79 Å². The number of rotatable bonds is 4. The first-order valence-electron chi connectivity index (χ1n) is 4.38. The van der Waals surface area contributed by atoms with Crippen LogP contribution in [0.25, 0.3) is 0 Å². The minimum Gasteiger partial charge on any atom is -0.481 e. The van der Waals surface area contributed by atoms with Gasteiger partial charge >= 0.3 is 5.97 Å². The molecule has 0 aromatic carbocycles. The quantitative estimate of drug-likeness (QED) is 0.760. The molecule has 72 valence electrons. The fourth-order valence-corrected chi connectivity index (χ4v) is 1.19. The Balaban J connectivity index is 2.68. The molecule has 1 atom stereocenters. The molecule has 1 N–H and O–H groups in total. The fourth-order valence-electron chi connectivity index (χ4n) is 1.19. The first-order chi connectivity index (χ1) is 6.15. The lowest BCUT2D eigenvalue weighted by molar-refractivity contribution is -0.141. The van der Waals surface area contributed by atoms with Crippen molar-refractivity contribution in [2.24, 2.45) is 5.92 Å². The van der Waals surface area contributed by atoms with E-state index in [0.29, 0.717) is 6.54 Å². The number of aryl methyl sites for hydroxylation is 1. The molecule has 4 heteroatoms. The summed E-state index contributed by atoms with van der Waals surface area (Å²) in [6.07, 6.45) is 4.35. The molecule has 0 saturated carbocycles. The molecule has 0 aliphatic rings. The number of aliphatic carboxylic acids is 1. The number of hydrogen-bond donors (Lipinski definition) is 1. The minimum absolute atomic E-state index is 0.362. The normalized spacial score (nSPS) is 12.8. The molecule has 1 heterocycles. The molecular weight excluding hydrogens is 168 g/mol. The lowest BCUT2D eigenvalue weighted by Gasteiger charge is -2.09. The maximum Gasteiger partial charge on any atom is 0.308 e. The van der Waals surface area contributed by atoms with Gasteiger partial charge in [0.15, 0.2) is 0 Å². The lowest BCUT2D eigenvalue weighted by atomic mass is 10.2. The summed E-state index contributed by atoms with van der Waals surface area (Å²) in [6, 6.07) is 0. The Bertz CT molecular complexity index is 294. The first-order valence-corrected chi connectivity index (χ1v) is 4.38. The van der Waals surface area contributed by atoms with Crippen LogP contribution < -0.4 is 0 Å². The number of carboxylic acids is 1. The molecule has 1 aromatic rings. The predicted molar refractivity (Wildman–Crippen MR) is 48.4 cm³/mol. The molecule has 1 aromatic heterocycles. The smallest absolute Gasteiger partial charge is 0.308 e. The van der Waals surface area contributed by atoms with Crippen LogP contribution in [0.5, 0.6) is 0 Å². The van der Waals surface area contributed by atoms with Crippen LogP contribution in [0.3, 0.4) is 0 Å². The van der Waals surface area contributed by atoms with Crippen LogP contribution in [0.1, 0.15) is 19.7 Å². The van der Waals surface area contributed by atoms with Crippen molar-refractivity contribution >= 4 is 5.97 Å². The van der Waals surface area contributed by atoms with Crippen molar-refractivity contribution < 1.29 is 9.90 Å². The van der Waals surface area contributed by atoms with E-state index in [1.165, 1.54) is 0 Å². The van der Waals surface area contributed by atoms with Crippen LogP contribution in [-0.4, -0.2) is 20.6 Å². The molecule has 4 nitrogen and oxygen atoms in total. The van der Waals surface area contributed by atoms with Crippen LogP contribution in [0, 0.1) is 5.92 Å². The van der Waals surface area contributed by atoms with Crippen molar-refractivity contribution in [3.8, 4) is 0 Å². The highest BCUT2D eigenvalue weighted by atomic mass is 16.4. The second-order valence-corrected chi connectivity index (χ2v) is 3.09. The molecule has 0 amide bonds. The van der Waals surface area contributed by atoms with E-state index in [2.05, 4.69) is 4.98 Å². The number of nitrogens with zero attached hydrogens (tertiary/aromatic N) is 2. The first kappa shape index (κ1) is 9.77. The van der Waals surface area contributed by atoms with E-state index in [4.69, 9.17) is 5.11 Å². The zero-order chi connectivity index (χ0) is 9.84. The highest BCUT2D eigenvalue weighted by Gasteiger charge is 2.12. The average molecular weight is 182 g/mol. The third-order valence-electron chi connectivity index (χ3n) is 2.01. The summed E-state index contributed by atoms with van der Waals surface area (Å²) in [5, 5.41) is 8.71. The van der Waals surface area contributed by atoms with Gasteiger partial charge in [-0.05, 0) is 0 Å². The zero-order valence-electron chi connectivity index (χ0n) is 7.90. The van der Waals surface area contributed by atoms with Crippen molar-refractivity contribution in [3.05, 3.63) is 18.2 Å². The molecule has 0 fully saturated rings. The highest BCUT2D eigenvalue weighted by molar-refractivity contribution is 5.69. The van der Waals surface area contributed by atoms with E-state index >= 15 is 0 Å². The van der Waals surface area contributed by atoms with E-state index in [-0.39, 0.29) is 5.92 Å². The Hall–Kier alpha value is -1.32. The summed E-state index contributed by atoms with van der Waals surface area (Å²) in [5.74, 6) is -0.191. The van der Waals surface area contributed by atoms with Gasteiger partial charge in [0.25, 0.3) is 0 Å². The molecule has 0 spiro atoms. The van der Waals surface area contributed by atoms with Crippen LogP contribution >= 0.6 is 0 Å². The predicted octanol–water partition coefficient (Wildman–Crippen LogP) is 1.17. The van der Waals surface area contributed by atoms with Gasteiger partial charge in [-0.25, -0.2) is 4.98 Å². The number of carbonyl (C=O) groups is 1. The summed E-state index contributed by atoms with van der Waals surface area (Å²) < 4.78 is 1.89. The lowest BCUT2D eigenvalue weighted by Crippen LogP contribution is -2.17. The Kier molecular flexibility index (Phi) is 3.06. The monoisotopic (exact) mass is 182 g/mol. The maximum absolute atomic E-state index is 10.6. The molecule has 0 radical (unpaired) electrons. The molecular formula is C9H14N2O2. The van der Waals surface area contributed by atoms with Crippen molar-refractivity contribution in [2.75, 3.05) is 0 Å². The molecule has 1 rings (SSSR count). The van der Waals surface area contributed by atoms with Gasteiger partial charge in [0.2, 0.25) is 0 Å². The summed E-state index contributed by atoms with van der Waals surface area (Å²) in [6.45, 7) is 4.20. The van der Waals surface area contributed by atoms with E-state index in [9.17, 15) is 4.79 Å². The largest absolute Gasteiger partial charge is 0.481 e. The molecule has 13 heavy (non-hydrogen) atoms. The number of carboxylic acid groups (broad SMARTS) is 1. The van der Waals surface area contributed by atoms with Gasteiger partial charge in [0.1, 0.15) is 5.82 Å². The summed E-state index contributed by atoms with van der Waals surface area (Å²) >= 11 is 0. The Morgan fingerprint density at radius 2 is 2.46 bits per heavy atom.